The number of aromatic amines is 1. The minimum absolute atomic E-state index is 0.264. The third kappa shape index (κ3) is 1.07. The zero-order valence-corrected chi connectivity index (χ0v) is 7.07. The number of rotatable bonds is 0. The highest BCUT2D eigenvalue weighted by Crippen LogP contribution is 2.01. The van der Waals surface area contributed by atoms with E-state index in [0.717, 1.165) is 4.57 Å². The Morgan fingerprint density at radius 3 is 2.69 bits per heavy atom. The van der Waals surface area contributed by atoms with Crippen molar-refractivity contribution in [2.75, 3.05) is 0 Å². The lowest BCUT2D eigenvalue weighted by Crippen LogP contribution is -2.32. The lowest BCUT2D eigenvalue weighted by atomic mass is 10.2. The maximum atomic E-state index is 11.5. The van der Waals surface area contributed by atoms with Crippen LogP contribution in [0, 0.1) is 0 Å². The minimum Gasteiger partial charge on any atom is -0.307 e. The van der Waals surface area contributed by atoms with Gasteiger partial charge in [-0.3, -0.25) is 9.36 Å². The second kappa shape index (κ2) is 2.58. The first kappa shape index (κ1) is 7.79. The Hall–Kier alpha value is -1.84. The molecule has 0 spiro atoms. The van der Waals surface area contributed by atoms with Gasteiger partial charge in [-0.05, 0) is 12.1 Å². The molecule has 4 heteroatoms. The molecule has 0 unspecified atom stereocenters. The standard InChI is InChI=1S/C9H8N2O2/c1-11-8(12)6-4-2-3-5-7(6)10-9(11)13/h2-5H,1H3,(H,10,13). The highest BCUT2D eigenvalue weighted by atomic mass is 16.2. The first-order valence-corrected chi connectivity index (χ1v) is 3.88. The molecule has 1 N–H and O–H groups in total. The molecule has 2 rings (SSSR count). The van der Waals surface area contributed by atoms with Crippen molar-refractivity contribution in [2.24, 2.45) is 7.05 Å². The van der Waals surface area contributed by atoms with Crippen molar-refractivity contribution < 1.29 is 0 Å². The number of benzene rings is 1. The van der Waals surface area contributed by atoms with E-state index in [-0.39, 0.29) is 11.2 Å². The van der Waals surface area contributed by atoms with Crippen molar-refractivity contribution in [1.82, 2.24) is 9.55 Å². The average molecular weight is 176 g/mol. The molecule has 13 heavy (non-hydrogen) atoms. The molecule has 0 radical (unpaired) electrons. The SMILES string of the molecule is Cn1c(=O)[nH]c2ccccc2c1=O. The molecule has 0 aliphatic carbocycles. The van der Waals surface area contributed by atoms with E-state index < -0.39 is 0 Å². The number of nitrogens with one attached hydrogen (secondary N) is 1. The van der Waals surface area contributed by atoms with Crippen LogP contribution in [0.5, 0.6) is 0 Å². The lowest BCUT2D eigenvalue weighted by molar-refractivity contribution is 0.794. The molecule has 1 aromatic carbocycles. The van der Waals surface area contributed by atoms with Gasteiger partial charge in [0.05, 0.1) is 10.9 Å². The molecule has 0 bridgehead atoms. The van der Waals surface area contributed by atoms with E-state index in [1.54, 1.807) is 24.3 Å². The molecule has 66 valence electrons. The van der Waals surface area contributed by atoms with E-state index in [9.17, 15) is 9.59 Å². The van der Waals surface area contributed by atoms with Crippen molar-refractivity contribution in [2.45, 2.75) is 0 Å². The quantitative estimate of drug-likeness (QED) is 0.624. The van der Waals surface area contributed by atoms with Crippen LogP contribution in [0.15, 0.2) is 33.9 Å². The lowest BCUT2D eigenvalue weighted by Gasteiger charge is -1.98. The van der Waals surface area contributed by atoms with Gasteiger partial charge < -0.3 is 4.98 Å². The van der Waals surface area contributed by atoms with Crippen molar-refractivity contribution in [3.63, 3.8) is 0 Å². The van der Waals surface area contributed by atoms with Crippen LogP contribution in [0.4, 0.5) is 0 Å². The fourth-order valence-electron chi connectivity index (χ4n) is 1.25. The van der Waals surface area contributed by atoms with Crippen LogP contribution in [-0.2, 0) is 7.05 Å². The Morgan fingerprint density at radius 2 is 1.92 bits per heavy atom. The Kier molecular flexibility index (Phi) is 1.55. The highest BCUT2D eigenvalue weighted by molar-refractivity contribution is 5.76. The maximum absolute atomic E-state index is 11.5. The van der Waals surface area contributed by atoms with E-state index in [4.69, 9.17) is 0 Å². The molecule has 0 atom stereocenters. The molecule has 1 heterocycles. The van der Waals surface area contributed by atoms with Crippen LogP contribution in [-0.4, -0.2) is 9.55 Å². The Labute approximate surface area is 73.5 Å². The first-order valence-electron chi connectivity index (χ1n) is 3.88. The number of H-pyrrole nitrogens is 1. The van der Waals surface area contributed by atoms with E-state index in [2.05, 4.69) is 4.98 Å². The van der Waals surface area contributed by atoms with Gasteiger partial charge in [0.1, 0.15) is 0 Å². The van der Waals surface area contributed by atoms with Crippen LogP contribution >= 0.6 is 0 Å². The summed E-state index contributed by atoms with van der Waals surface area (Å²) in [5.74, 6) is 0. The summed E-state index contributed by atoms with van der Waals surface area (Å²) in [5, 5.41) is 0.532. The van der Waals surface area contributed by atoms with Crippen LogP contribution in [0.2, 0.25) is 0 Å². The third-order valence-corrected chi connectivity index (χ3v) is 2.01. The van der Waals surface area contributed by atoms with Crippen molar-refractivity contribution in [3.05, 3.63) is 45.1 Å². The van der Waals surface area contributed by atoms with Gasteiger partial charge in [-0.1, -0.05) is 12.1 Å². The smallest absolute Gasteiger partial charge is 0.307 e. The van der Waals surface area contributed by atoms with E-state index in [0.29, 0.717) is 10.9 Å². The normalized spacial score (nSPS) is 10.5. The summed E-state index contributed by atoms with van der Waals surface area (Å²) in [6, 6.07) is 6.94. The summed E-state index contributed by atoms with van der Waals surface area (Å²) in [6.07, 6.45) is 0. The Morgan fingerprint density at radius 1 is 1.23 bits per heavy atom. The molecular formula is C9H8N2O2. The second-order valence-corrected chi connectivity index (χ2v) is 2.84. The predicted molar refractivity (Wildman–Crippen MR) is 49.8 cm³/mol. The molecule has 4 nitrogen and oxygen atoms in total. The molecular weight excluding hydrogens is 168 g/mol. The molecule has 0 amide bonds. The van der Waals surface area contributed by atoms with Gasteiger partial charge in [-0.25, -0.2) is 4.79 Å². The van der Waals surface area contributed by atoms with Crippen LogP contribution in [0.25, 0.3) is 10.9 Å². The second-order valence-electron chi connectivity index (χ2n) is 2.84. The van der Waals surface area contributed by atoms with Gasteiger partial charge in [0.25, 0.3) is 5.56 Å². The fraction of sp³-hybridized carbons (Fsp3) is 0.111. The van der Waals surface area contributed by atoms with E-state index in [1.807, 2.05) is 0 Å². The van der Waals surface area contributed by atoms with E-state index in [1.165, 1.54) is 7.05 Å². The zero-order valence-electron chi connectivity index (χ0n) is 7.07. The van der Waals surface area contributed by atoms with Gasteiger partial charge >= 0.3 is 5.69 Å². The monoisotopic (exact) mass is 176 g/mol. The van der Waals surface area contributed by atoms with Crippen molar-refractivity contribution >= 4 is 10.9 Å². The average Bonchev–Trinajstić information content (AvgIpc) is 2.15. The van der Waals surface area contributed by atoms with Crippen LogP contribution < -0.4 is 11.2 Å². The molecule has 0 saturated heterocycles. The molecule has 2 aromatic rings. The number of fused-ring (bicyclic) bond motifs is 1. The number of nitrogens with zero attached hydrogens (tertiary/aromatic N) is 1. The molecule has 0 saturated carbocycles. The van der Waals surface area contributed by atoms with Crippen LogP contribution in [0.1, 0.15) is 0 Å². The summed E-state index contributed by atoms with van der Waals surface area (Å²) in [5.41, 5.74) is -0.0707. The van der Waals surface area contributed by atoms with Gasteiger partial charge in [-0.15, -0.1) is 0 Å². The van der Waals surface area contributed by atoms with Gasteiger partial charge in [0.2, 0.25) is 0 Å². The van der Waals surface area contributed by atoms with Gasteiger partial charge in [0, 0.05) is 7.05 Å². The van der Waals surface area contributed by atoms with E-state index >= 15 is 0 Å². The van der Waals surface area contributed by atoms with Crippen molar-refractivity contribution in [3.8, 4) is 0 Å². The molecule has 0 aliphatic rings. The summed E-state index contributed by atoms with van der Waals surface area (Å²) in [6.45, 7) is 0. The van der Waals surface area contributed by atoms with Gasteiger partial charge in [-0.2, -0.15) is 0 Å². The predicted octanol–water partition coefficient (Wildman–Crippen LogP) is 0.227. The number of aromatic nitrogens is 2. The molecule has 0 aliphatic heterocycles. The first-order chi connectivity index (χ1) is 6.20. The highest BCUT2D eigenvalue weighted by Gasteiger charge is 2.01. The Balaban J connectivity index is 3.12. The summed E-state index contributed by atoms with van der Waals surface area (Å²) in [4.78, 5) is 25.3. The van der Waals surface area contributed by atoms with Gasteiger partial charge in [0.15, 0.2) is 0 Å². The largest absolute Gasteiger partial charge is 0.328 e. The molecule has 0 fully saturated rings. The molecule has 1 aromatic heterocycles. The number of hydrogen-bond donors (Lipinski definition) is 1. The minimum atomic E-state index is -0.385. The number of hydrogen-bond acceptors (Lipinski definition) is 2. The summed E-state index contributed by atoms with van der Waals surface area (Å²) in [7, 11) is 1.45. The number of para-hydroxylation sites is 1. The summed E-state index contributed by atoms with van der Waals surface area (Å²) >= 11 is 0. The summed E-state index contributed by atoms with van der Waals surface area (Å²) < 4.78 is 1.06. The fourth-order valence-corrected chi connectivity index (χ4v) is 1.25. The van der Waals surface area contributed by atoms with Crippen LogP contribution in [0.3, 0.4) is 0 Å². The van der Waals surface area contributed by atoms with Crippen molar-refractivity contribution in [1.29, 1.82) is 0 Å². The maximum Gasteiger partial charge on any atom is 0.328 e. The zero-order chi connectivity index (χ0) is 9.42. The third-order valence-electron chi connectivity index (χ3n) is 2.01. The Bertz CT molecular complexity index is 566. The topological polar surface area (TPSA) is 54.9 Å².